The van der Waals surface area contributed by atoms with Crippen LogP contribution in [-0.2, 0) is 0 Å². The lowest BCUT2D eigenvalue weighted by Gasteiger charge is -2.58. The Morgan fingerprint density at radius 1 is 0.500 bits per heavy atom. The summed E-state index contributed by atoms with van der Waals surface area (Å²) in [6.07, 6.45) is 34.3. The van der Waals surface area contributed by atoms with Crippen LogP contribution in [0, 0.1) is 92.7 Å². The first kappa shape index (κ1) is 43.5. The molecule has 0 aromatic carbocycles. The Hall–Kier alpha value is -0.600. The minimum absolute atomic E-state index is 0.0766. The van der Waals surface area contributed by atoms with E-state index in [1.807, 2.05) is 0 Å². The van der Waals surface area contributed by atoms with Crippen molar-refractivity contribution in [2.75, 3.05) is 0 Å². The molecule has 0 aromatic rings. The molecule has 2 nitrogen and oxygen atoms in total. The van der Waals surface area contributed by atoms with Crippen molar-refractivity contribution < 1.29 is 10.2 Å². The Kier molecular flexibility index (Phi) is 13.2. The van der Waals surface area contributed by atoms with Gasteiger partial charge in [0.25, 0.3) is 0 Å². The zero-order valence-electron chi connectivity index (χ0n) is 38.7. The van der Waals surface area contributed by atoms with Gasteiger partial charge >= 0.3 is 0 Å². The maximum Gasteiger partial charge on any atom is 0.0577 e. The summed E-state index contributed by atoms with van der Waals surface area (Å²) < 4.78 is 0. The Morgan fingerprint density at radius 3 is 1.27 bits per heavy atom. The molecule has 6 fully saturated rings. The van der Waals surface area contributed by atoms with Crippen molar-refractivity contribution in [3.05, 3.63) is 23.3 Å². The number of hydrogen-bond donors (Lipinski definition) is 2. The molecule has 16 atom stereocenters. The van der Waals surface area contributed by atoms with Gasteiger partial charge in [-0.15, -0.1) is 0 Å². The van der Waals surface area contributed by atoms with E-state index in [0.717, 1.165) is 96.7 Å². The van der Waals surface area contributed by atoms with Gasteiger partial charge in [0.05, 0.1) is 12.2 Å². The van der Waals surface area contributed by atoms with Crippen molar-refractivity contribution in [1.29, 1.82) is 0 Å². The second-order valence-electron chi connectivity index (χ2n) is 24.4. The first-order chi connectivity index (χ1) is 26.5. The van der Waals surface area contributed by atoms with Crippen LogP contribution >= 0.6 is 0 Å². The van der Waals surface area contributed by atoms with Crippen LogP contribution in [-0.4, -0.2) is 22.4 Å². The molecule has 0 aromatic heterocycles. The highest BCUT2D eigenvalue weighted by atomic mass is 16.3. The molecule has 8 aliphatic rings. The predicted molar refractivity (Wildman–Crippen MR) is 238 cm³/mol. The van der Waals surface area contributed by atoms with E-state index in [-0.39, 0.29) is 12.2 Å². The van der Waals surface area contributed by atoms with Gasteiger partial charge in [-0.3, -0.25) is 0 Å². The van der Waals surface area contributed by atoms with E-state index in [1.165, 1.54) is 116 Å². The Balaban J connectivity index is 0.000000172. The molecule has 0 bridgehead atoms. The quantitative estimate of drug-likeness (QED) is 0.217. The minimum atomic E-state index is -0.0766. The third-order valence-corrected chi connectivity index (χ3v) is 20.6. The van der Waals surface area contributed by atoms with Crippen molar-refractivity contribution in [3.63, 3.8) is 0 Å². The van der Waals surface area contributed by atoms with Gasteiger partial charge in [0.2, 0.25) is 0 Å². The van der Waals surface area contributed by atoms with Crippen LogP contribution in [0.2, 0.25) is 0 Å². The van der Waals surface area contributed by atoms with Gasteiger partial charge in [-0.2, -0.15) is 0 Å². The van der Waals surface area contributed by atoms with Crippen LogP contribution in [0.3, 0.4) is 0 Å². The molecule has 8 unspecified atom stereocenters. The lowest BCUT2D eigenvalue weighted by Crippen LogP contribution is -2.50. The molecule has 0 heterocycles. The molecule has 0 amide bonds. The highest BCUT2D eigenvalue weighted by Crippen LogP contribution is 2.69. The fraction of sp³-hybridized carbons (Fsp3) is 0.926. The van der Waals surface area contributed by atoms with Gasteiger partial charge in [-0.05, 0) is 195 Å². The smallest absolute Gasteiger partial charge is 0.0577 e. The third kappa shape index (κ3) is 8.00. The van der Waals surface area contributed by atoms with Crippen LogP contribution in [0.15, 0.2) is 23.3 Å². The fourth-order valence-corrected chi connectivity index (χ4v) is 17.3. The summed E-state index contributed by atoms with van der Waals surface area (Å²) in [4.78, 5) is 0. The zero-order valence-corrected chi connectivity index (χ0v) is 38.7. The zero-order chi connectivity index (χ0) is 40.2. The molecule has 8 aliphatic carbocycles. The second kappa shape index (κ2) is 17.0. The van der Waals surface area contributed by atoms with E-state index >= 15 is 0 Å². The monoisotopic (exact) mass is 773 g/mol. The van der Waals surface area contributed by atoms with Gasteiger partial charge in [0, 0.05) is 0 Å². The normalized spacial score (nSPS) is 46.5. The average Bonchev–Trinajstić information content (AvgIpc) is 3.69. The predicted octanol–water partition coefficient (Wildman–Crippen LogP) is 14.8. The summed E-state index contributed by atoms with van der Waals surface area (Å²) in [6.45, 7) is 25.1. The maximum absolute atomic E-state index is 10.2. The Morgan fingerprint density at radius 2 is 0.893 bits per heavy atom. The largest absolute Gasteiger partial charge is 0.393 e. The van der Waals surface area contributed by atoms with E-state index in [9.17, 15) is 10.2 Å². The highest BCUT2D eigenvalue weighted by molar-refractivity contribution is 5.27. The number of hydrogen-bond acceptors (Lipinski definition) is 2. The van der Waals surface area contributed by atoms with Gasteiger partial charge in [0.15, 0.2) is 0 Å². The topological polar surface area (TPSA) is 40.5 Å². The molecule has 320 valence electrons. The summed E-state index contributed by atoms with van der Waals surface area (Å²) in [5.41, 5.74) is 5.21. The molecular weight excluding hydrogens is 681 g/mol. The van der Waals surface area contributed by atoms with E-state index < -0.39 is 0 Å². The van der Waals surface area contributed by atoms with Gasteiger partial charge in [-0.25, -0.2) is 0 Å². The second-order valence-corrected chi connectivity index (χ2v) is 24.4. The molecule has 0 saturated heterocycles. The lowest BCUT2D eigenvalue weighted by atomic mass is 9.47. The molecule has 8 rings (SSSR count). The SMILES string of the molecule is CC(C)CCCC(C)C1CCC2C3CC=C4CC(O)CCC4(C)C3CCC12C.CC(C)CCC[C@@H](C)[C@H]1CC[C@H]2[C@@H]3CC=C4C[C@@H](O)CC[C@]4(C)[C@H]3CC[C@]12C. The molecule has 2 heteroatoms. The molecule has 2 N–H and O–H groups in total. The van der Waals surface area contributed by atoms with Crippen molar-refractivity contribution in [2.45, 2.75) is 223 Å². The molecule has 0 aliphatic heterocycles. The van der Waals surface area contributed by atoms with Crippen molar-refractivity contribution in [3.8, 4) is 0 Å². The average molecular weight is 773 g/mol. The third-order valence-electron chi connectivity index (χ3n) is 20.6. The number of allylic oxidation sites excluding steroid dienone is 2. The van der Waals surface area contributed by atoms with Gasteiger partial charge < -0.3 is 10.2 Å². The number of aliphatic hydroxyl groups is 2. The summed E-state index contributed by atoms with van der Waals surface area (Å²) in [5.74, 6) is 10.9. The molecule has 6 saturated carbocycles. The Labute approximate surface area is 347 Å². The van der Waals surface area contributed by atoms with Crippen molar-refractivity contribution in [1.82, 2.24) is 0 Å². The van der Waals surface area contributed by atoms with E-state index in [4.69, 9.17) is 0 Å². The van der Waals surface area contributed by atoms with Crippen LogP contribution < -0.4 is 0 Å². The lowest BCUT2D eigenvalue weighted by molar-refractivity contribution is -0.0573. The number of rotatable bonds is 10. The first-order valence-electron chi connectivity index (χ1n) is 25.3. The fourth-order valence-electron chi connectivity index (χ4n) is 17.3. The maximum atomic E-state index is 10.2. The van der Waals surface area contributed by atoms with E-state index in [2.05, 4.69) is 81.4 Å². The summed E-state index contributed by atoms with van der Waals surface area (Å²) >= 11 is 0. The minimum Gasteiger partial charge on any atom is -0.393 e. The summed E-state index contributed by atoms with van der Waals surface area (Å²) in [6, 6.07) is 0. The van der Waals surface area contributed by atoms with Crippen LogP contribution in [0.5, 0.6) is 0 Å². The molecular formula is C54H92O2. The molecule has 0 radical (unpaired) electrons. The Bertz CT molecular complexity index is 1290. The van der Waals surface area contributed by atoms with Crippen LogP contribution in [0.25, 0.3) is 0 Å². The molecule has 56 heavy (non-hydrogen) atoms. The van der Waals surface area contributed by atoms with Crippen molar-refractivity contribution in [2.24, 2.45) is 92.7 Å². The van der Waals surface area contributed by atoms with Gasteiger partial charge in [-0.1, -0.05) is 131 Å². The van der Waals surface area contributed by atoms with Gasteiger partial charge in [0.1, 0.15) is 0 Å². The van der Waals surface area contributed by atoms with E-state index in [1.54, 1.807) is 11.1 Å². The first-order valence-corrected chi connectivity index (χ1v) is 25.3. The van der Waals surface area contributed by atoms with Crippen LogP contribution in [0.4, 0.5) is 0 Å². The standard InChI is InChI=1S/2C27H46O/c2*1-18(2)7-6-8-19(3)23-11-12-24-22-10-9-20-17-21(28)13-15-26(20,4)25(22)14-16-27(23,24)5/h2*9,18-19,21-25,28H,6-8,10-17H2,1-5H3/t19-,21+,22+,23-,24+,25+,26+,27-;/m1./s1. The molecule has 0 spiro atoms. The summed E-state index contributed by atoms with van der Waals surface area (Å²) in [5, 5.41) is 20.4. The number of aliphatic hydroxyl groups excluding tert-OH is 2. The van der Waals surface area contributed by atoms with E-state index in [0.29, 0.717) is 21.7 Å². The van der Waals surface area contributed by atoms with Crippen LogP contribution in [0.1, 0.15) is 210 Å². The summed E-state index contributed by atoms with van der Waals surface area (Å²) in [7, 11) is 0. The number of fused-ring (bicyclic) bond motifs is 10. The van der Waals surface area contributed by atoms with Crippen molar-refractivity contribution >= 4 is 0 Å². The highest BCUT2D eigenvalue weighted by Gasteiger charge is 2.60.